The van der Waals surface area contributed by atoms with Crippen LogP contribution in [0.2, 0.25) is 0 Å². The second kappa shape index (κ2) is 5.36. The quantitative estimate of drug-likeness (QED) is 0.905. The van der Waals surface area contributed by atoms with E-state index in [0.717, 1.165) is 5.56 Å². The summed E-state index contributed by atoms with van der Waals surface area (Å²) in [7, 11) is -3.76. The van der Waals surface area contributed by atoms with Gasteiger partial charge in [0.1, 0.15) is 0 Å². The number of rotatable bonds is 4. The average Bonchev–Trinajstić information content (AvgIpc) is 2.37. The number of aryl methyl sites for hydroxylation is 1. The predicted molar refractivity (Wildman–Crippen MR) is 82.6 cm³/mol. The van der Waals surface area contributed by atoms with Crippen LogP contribution in [0.3, 0.4) is 0 Å². The van der Waals surface area contributed by atoms with E-state index in [1.54, 1.807) is 51.2 Å². The minimum atomic E-state index is -3.76. The Hall–Kier alpha value is -1.50. The zero-order valence-corrected chi connectivity index (χ0v) is 13.4. The molecule has 0 spiro atoms. The molecule has 1 atom stereocenters. The van der Waals surface area contributed by atoms with Crippen molar-refractivity contribution < 1.29 is 13.5 Å². The fourth-order valence-corrected chi connectivity index (χ4v) is 3.68. The van der Waals surface area contributed by atoms with Gasteiger partial charge in [-0.15, -0.1) is 0 Å². The van der Waals surface area contributed by atoms with Crippen LogP contribution in [-0.2, 0) is 10.0 Å². The van der Waals surface area contributed by atoms with Gasteiger partial charge in [0.15, 0.2) is 0 Å². The average molecular weight is 308 g/mol. The monoisotopic (exact) mass is 308 g/mol. The summed E-state index contributed by atoms with van der Waals surface area (Å²) in [6, 6.07) is 6.75. The lowest BCUT2D eigenvalue weighted by Crippen LogP contribution is -2.50. The number of benzene rings is 1. The smallest absolute Gasteiger partial charge is 0.241 e. The van der Waals surface area contributed by atoms with Gasteiger partial charge in [-0.25, -0.2) is 13.1 Å². The summed E-state index contributed by atoms with van der Waals surface area (Å²) < 4.78 is 27.8. The van der Waals surface area contributed by atoms with Crippen molar-refractivity contribution in [2.75, 3.05) is 0 Å². The van der Waals surface area contributed by atoms with Gasteiger partial charge in [0, 0.05) is 11.6 Å². The van der Waals surface area contributed by atoms with Gasteiger partial charge in [0.05, 0.1) is 22.1 Å². The Morgan fingerprint density at radius 2 is 1.95 bits per heavy atom. The Labute approximate surface area is 125 Å². The van der Waals surface area contributed by atoms with Gasteiger partial charge < -0.3 is 5.11 Å². The van der Waals surface area contributed by atoms with Gasteiger partial charge in [-0.2, -0.15) is 0 Å². The van der Waals surface area contributed by atoms with Crippen molar-refractivity contribution in [3.05, 3.63) is 36.0 Å². The van der Waals surface area contributed by atoms with E-state index in [0.29, 0.717) is 10.9 Å². The highest BCUT2D eigenvalue weighted by atomic mass is 32.2. The molecular formula is C15H20N2O3S. The molecule has 2 rings (SSSR count). The molecular weight excluding hydrogens is 288 g/mol. The van der Waals surface area contributed by atoms with Gasteiger partial charge in [-0.3, -0.25) is 4.98 Å². The number of sulfonamides is 1. The van der Waals surface area contributed by atoms with E-state index < -0.39 is 21.7 Å². The molecule has 1 aromatic heterocycles. The third kappa shape index (κ3) is 3.07. The highest BCUT2D eigenvalue weighted by molar-refractivity contribution is 7.89. The maximum atomic E-state index is 12.6. The van der Waals surface area contributed by atoms with Crippen molar-refractivity contribution in [1.82, 2.24) is 9.71 Å². The molecule has 114 valence electrons. The maximum Gasteiger partial charge on any atom is 0.241 e. The molecule has 0 fully saturated rings. The number of nitrogens with one attached hydrogen (secondary N) is 1. The summed E-state index contributed by atoms with van der Waals surface area (Å²) in [5.41, 5.74) is 0.618. The Morgan fingerprint density at radius 3 is 2.57 bits per heavy atom. The predicted octanol–water partition coefficient (Wildman–Crippen LogP) is 1.98. The molecule has 0 amide bonds. The Bertz CT molecular complexity index is 768. The molecule has 1 heterocycles. The lowest BCUT2D eigenvalue weighted by atomic mass is 10.0. The first-order chi connectivity index (χ1) is 9.65. The lowest BCUT2D eigenvalue weighted by molar-refractivity contribution is 0.111. The number of pyridine rings is 1. The molecule has 2 N–H and O–H groups in total. The zero-order valence-electron chi connectivity index (χ0n) is 12.6. The third-order valence-corrected chi connectivity index (χ3v) is 5.39. The minimum Gasteiger partial charge on any atom is -0.391 e. The molecule has 0 bridgehead atoms. The van der Waals surface area contributed by atoms with Crippen molar-refractivity contribution in [1.29, 1.82) is 0 Å². The van der Waals surface area contributed by atoms with Crippen LogP contribution in [0.15, 0.2) is 35.4 Å². The Kier molecular flexibility index (Phi) is 4.06. The van der Waals surface area contributed by atoms with Gasteiger partial charge in [0.2, 0.25) is 10.0 Å². The van der Waals surface area contributed by atoms with Gasteiger partial charge in [-0.05, 0) is 51.5 Å². The van der Waals surface area contributed by atoms with E-state index in [9.17, 15) is 13.5 Å². The molecule has 0 aliphatic rings. The standard InChI is InChI=1S/C15H20N2O3S/c1-10-7-8-13(12-6-5-9-16-14(10)12)21(19,20)17-15(3,4)11(2)18/h5-9,11,17-18H,1-4H3. The van der Waals surface area contributed by atoms with Gasteiger partial charge in [0.25, 0.3) is 0 Å². The van der Waals surface area contributed by atoms with E-state index in [4.69, 9.17) is 0 Å². The molecule has 0 radical (unpaired) electrons. The van der Waals surface area contributed by atoms with E-state index in [1.165, 1.54) is 0 Å². The summed E-state index contributed by atoms with van der Waals surface area (Å²) in [5, 5.41) is 10.3. The van der Waals surface area contributed by atoms with E-state index in [1.807, 2.05) is 6.92 Å². The van der Waals surface area contributed by atoms with Crippen molar-refractivity contribution in [2.24, 2.45) is 0 Å². The Balaban J connectivity index is 2.59. The molecule has 0 aliphatic carbocycles. The minimum absolute atomic E-state index is 0.171. The van der Waals surface area contributed by atoms with Crippen molar-refractivity contribution in [2.45, 2.75) is 44.2 Å². The fourth-order valence-electron chi connectivity index (χ4n) is 2.01. The third-order valence-electron chi connectivity index (χ3n) is 3.66. The molecule has 0 saturated carbocycles. The van der Waals surface area contributed by atoms with Crippen LogP contribution >= 0.6 is 0 Å². The summed E-state index contributed by atoms with van der Waals surface area (Å²) in [6.45, 7) is 6.73. The number of fused-ring (bicyclic) bond motifs is 1. The van der Waals surface area contributed by atoms with Crippen molar-refractivity contribution in [3.8, 4) is 0 Å². The summed E-state index contributed by atoms with van der Waals surface area (Å²) >= 11 is 0. The second-order valence-electron chi connectivity index (χ2n) is 5.78. The van der Waals surface area contributed by atoms with Crippen LogP contribution in [0.25, 0.3) is 10.9 Å². The zero-order chi connectivity index (χ0) is 15.8. The first-order valence-electron chi connectivity index (χ1n) is 6.71. The molecule has 5 nitrogen and oxygen atoms in total. The highest BCUT2D eigenvalue weighted by Gasteiger charge is 2.31. The van der Waals surface area contributed by atoms with Crippen molar-refractivity contribution in [3.63, 3.8) is 0 Å². The number of hydrogen-bond acceptors (Lipinski definition) is 4. The number of aliphatic hydroxyl groups excluding tert-OH is 1. The molecule has 21 heavy (non-hydrogen) atoms. The van der Waals surface area contributed by atoms with E-state index in [-0.39, 0.29) is 4.90 Å². The summed E-state index contributed by atoms with van der Waals surface area (Å²) in [5.74, 6) is 0. The second-order valence-corrected chi connectivity index (χ2v) is 7.43. The first-order valence-corrected chi connectivity index (χ1v) is 8.20. The molecule has 1 unspecified atom stereocenters. The normalized spacial score (nSPS) is 14.3. The van der Waals surface area contributed by atoms with Crippen LogP contribution in [0.4, 0.5) is 0 Å². The van der Waals surface area contributed by atoms with E-state index >= 15 is 0 Å². The van der Waals surface area contributed by atoms with Crippen LogP contribution in [0, 0.1) is 6.92 Å². The lowest BCUT2D eigenvalue weighted by Gasteiger charge is -2.29. The molecule has 0 aliphatic heterocycles. The fraction of sp³-hybridized carbons (Fsp3) is 0.400. The first kappa shape index (κ1) is 15.9. The van der Waals surface area contributed by atoms with Crippen LogP contribution in [0.5, 0.6) is 0 Å². The van der Waals surface area contributed by atoms with Crippen molar-refractivity contribution >= 4 is 20.9 Å². The number of nitrogens with zero attached hydrogens (tertiary/aromatic N) is 1. The highest BCUT2D eigenvalue weighted by Crippen LogP contribution is 2.25. The van der Waals surface area contributed by atoms with Gasteiger partial charge >= 0.3 is 0 Å². The number of aliphatic hydroxyl groups is 1. The van der Waals surface area contributed by atoms with Gasteiger partial charge in [-0.1, -0.05) is 6.07 Å². The molecule has 0 saturated heterocycles. The SMILES string of the molecule is Cc1ccc(S(=O)(=O)NC(C)(C)C(C)O)c2cccnc12. The summed E-state index contributed by atoms with van der Waals surface area (Å²) in [4.78, 5) is 4.42. The molecule has 6 heteroatoms. The number of hydrogen-bond donors (Lipinski definition) is 2. The largest absolute Gasteiger partial charge is 0.391 e. The van der Waals surface area contributed by atoms with Crippen LogP contribution in [0.1, 0.15) is 26.3 Å². The van der Waals surface area contributed by atoms with E-state index in [2.05, 4.69) is 9.71 Å². The maximum absolute atomic E-state index is 12.6. The Morgan fingerprint density at radius 1 is 1.29 bits per heavy atom. The van der Waals surface area contributed by atoms with Crippen LogP contribution in [-0.4, -0.2) is 30.2 Å². The summed E-state index contributed by atoms with van der Waals surface area (Å²) in [6.07, 6.45) is 0.820. The molecule has 1 aromatic carbocycles. The molecule has 2 aromatic rings. The topological polar surface area (TPSA) is 79.3 Å². The van der Waals surface area contributed by atoms with Crippen LogP contribution < -0.4 is 4.72 Å². The number of aromatic nitrogens is 1.